The lowest BCUT2D eigenvalue weighted by molar-refractivity contribution is 0.0138. The molecule has 0 spiro atoms. The minimum atomic E-state index is -0.490. The molecule has 1 unspecified atom stereocenters. The highest BCUT2D eigenvalue weighted by Crippen LogP contribution is 2.47. The number of nitrogens with zero attached hydrogens (tertiary/aromatic N) is 4. The van der Waals surface area contributed by atoms with E-state index in [9.17, 15) is 4.79 Å². The number of ether oxygens (including phenoxy) is 2. The van der Waals surface area contributed by atoms with E-state index in [1.165, 1.54) is 10.4 Å². The Labute approximate surface area is 193 Å². The Bertz CT molecular complexity index is 1010. The molecular weight excluding hydrogens is 424 g/mol. The largest absolute Gasteiger partial charge is 0.474 e. The number of carbonyl (C=O) groups excluding carboxylic acids is 1. The van der Waals surface area contributed by atoms with Crippen molar-refractivity contribution in [3.8, 4) is 11.9 Å². The molecule has 1 saturated carbocycles. The maximum absolute atomic E-state index is 12.4. The van der Waals surface area contributed by atoms with Crippen LogP contribution in [0.3, 0.4) is 0 Å². The number of thiophene rings is 1. The van der Waals surface area contributed by atoms with Gasteiger partial charge in [0.15, 0.2) is 0 Å². The third kappa shape index (κ3) is 4.83. The number of amides is 1. The number of hydrogen-bond acceptors (Lipinski definition) is 7. The molecule has 0 saturated heterocycles. The second-order valence-electron chi connectivity index (χ2n) is 9.87. The van der Waals surface area contributed by atoms with Crippen molar-refractivity contribution in [3.63, 3.8) is 0 Å². The van der Waals surface area contributed by atoms with Crippen molar-refractivity contribution in [2.75, 3.05) is 7.05 Å². The van der Waals surface area contributed by atoms with E-state index < -0.39 is 5.60 Å². The van der Waals surface area contributed by atoms with Gasteiger partial charge in [-0.25, -0.2) is 14.8 Å². The van der Waals surface area contributed by atoms with Crippen LogP contribution >= 0.6 is 11.3 Å². The standard InChI is InChI=1S/C24H32N4O3S/c1-24(2,3)31-23(29)28(4)16-8-10-17(11-9-16)30-21-20-19-15(6-5-13-25)7-12-18(19)32-22(20)27-14-26-21/h14-17H,5-12H2,1-4H3. The molecule has 2 aliphatic rings. The summed E-state index contributed by atoms with van der Waals surface area (Å²) >= 11 is 1.74. The SMILES string of the molecule is CN(C(=O)OC(C)(C)C)C1CCC(Oc2ncnc3sc4c(c23)C(CCC#N)CC4)CC1. The Morgan fingerprint density at radius 3 is 2.69 bits per heavy atom. The van der Waals surface area contributed by atoms with Crippen LogP contribution in [0.25, 0.3) is 10.2 Å². The van der Waals surface area contributed by atoms with Crippen molar-refractivity contribution in [2.45, 2.75) is 95.8 Å². The predicted octanol–water partition coefficient (Wildman–Crippen LogP) is 5.58. The zero-order valence-electron chi connectivity index (χ0n) is 19.4. The number of nitriles is 1. The highest BCUT2D eigenvalue weighted by atomic mass is 32.1. The zero-order valence-corrected chi connectivity index (χ0v) is 20.2. The van der Waals surface area contributed by atoms with Gasteiger partial charge in [0.25, 0.3) is 0 Å². The third-order valence-corrected chi connectivity index (χ3v) is 7.62. The van der Waals surface area contributed by atoms with Gasteiger partial charge in [0.1, 0.15) is 22.9 Å². The highest BCUT2D eigenvalue weighted by molar-refractivity contribution is 7.19. The van der Waals surface area contributed by atoms with Gasteiger partial charge in [-0.05, 0) is 77.2 Å². The molecule has 172 valence electrons. The predicted molar refractivity (Wildman–Crippen MR) is 124 cm³/mol. The average Bonchev–Trinajstić information content (AvgIpc) is 3.30. The molecule has 0 N–H and O–H groups in total. The molecular formula is C24H32N4O3S. The lowest BCUT2D eigenvalue weighted by Crippen LogP contribution is -2.43. The van der Waals surface area contributed by atoms with E-state index in [-0.39, 0.29) is 18.2 Å². The third-order valence-electron chi connectivity index (χ3n) is 6.45. The van der Waals surface area contributed by atoms with E-state index in [4.69, 9.17) is 14.7 Å². The quantitative estimate of drug-likeness (QED) is 0.583. The molecule has 1 fully saturated rings. The van der Waals surface area contributed by atoms with Crippen molar-refractivity contribution in [3.05, 3.63) is 16.8 Å². The van der Waals surface area contributed by atoms with E-state index in [1.54, 1.807) is 22.6 Å². The molecule has 1 atom stereocenters. The van der Waals surface area contributed by atoms with Crippen LogP contribution in [0.15, 0.2) is 6.33 Å². The van der Waals surface area contributed by atoms with Crippen LogP contribution in [0.5, 0.6) is 5.88 Å². The van der Waals surface area contributed by atoms with Crippen LogP contribution < -0.4 is 4.74 Å². The molecule has 0 aromatic carbocycles. The van der Waals surface area contributed by atoms with Gasteiger partial charge >= 0.3 is 6.09 Å². The fourth-order valence-electron chi connectivity index (χ4n) is 4.85. The van der Waals surface area contributed by atoms with Gasteiger partial charge in [-0.3, -0.25) is 0 Å². The van der Waals surface area contributed by atoms with Crippen molar-refractivity contribution < 1.29 is 14.3 Å². The van der Waals surface area contributed by atoms with Crippen molar-refractivity contribution in [2.24, 2.45) is 0 Å². The summed E-state index contributed by atoms with van der Waals surface area (Å²) in [6.45, 7) is 5.66. The van der Waals surface area contributed by atoms with Crippen molar-refractivity contribution >= 4 is 27.6 Å². The minimum absolute atomic E-state index is 0.0749. The molecule has 0 radical (unpaired) electrons. The van der Waals surface area contributed by atoms with Crippen LogP contribution in [0.4, 0.5) is 4.79 Å². The Kier molecular flexibility index (Phi) is 6.57. The molecule has 0 aliphatic heterocycles. The van der Waals surface area contributed by atoms with Gasteiger partial charge in [0.2, 0.25) is 5.88 Å². The summed E-state index contributed by atoms with van der Waals surface area (Å²) in [6.07, 6.45) is 8.48. The van der Waals surface area contributed by atoms with Crippen molar-refractivity contribution in [1.29, 1.82) is 5.26 Å². The molecule has 7 nitrogen and oxygen atoms in total. The first kappa shape index (κ1) is 22.8. The molecule has 1 amide bonds. The summed E-state index contributed by atoms with van der Waals surface area (Å²) in [5.41, 5.74) is 0.824. The second kappa shape index (κ2) is 9.22. The van der Waals surface area contributed by atoms with Gasteiger partial charge in [-0.15, -0.1) is 11.3 Å². The Balaban J connectivity index is 1.43. The number of hydrogen-bond donors (Lipinski definition) is 0. The average molecular weight is 457 g/mol. The van der Waals surface area contributed by atoms with E-state index >= 15 is 0 Å². The number of aryl methyl sites for hydroxylation is 1. The summed E-state index contributed by atoms with van der Waals surface area (Å²) in [5.74, 6) is 1.07. The van der Waals surface area contributed by atoms with Crippen LogP contribution in [-0.2, 0) is 11.2 Å². The summed E-state index contributed by atoms with van der Waals surface area (Å²) in [4.78, 5) is 25.5. The maximum atomic E-state index is 12.4. The van der Waals surface area contributed by atoms with E-state index in [0.29, 0.717) is 18.2 Å². The van der Waals surface area contributed by atoms with E-state index in [0.717, 1.165) is 55.2 Å². The van der Waals surface area contributed by atoms with Crippen LogP contribution in [0.1, 0.15) is 82.1 Å². The summed E-state index contributed by atoms with van der Waals surface area (Å²) in [5, 5.41) is 10.1. The van der Waals surface area contributed by atoms with Crippen LogP contribution in [0, 0.1) is 11.3 Å². The van der Waals surface area contributed by atoms with Crippen LogP contribution in [-0.4, -0.2) is 45.8 Å². The first-order chi connectivity index (χ1) is 15.3. The number of fused-ring (bicyclic) bond motifs is 3. The fraction of sp³-hybridized carbons (Fsp3) is 0.667. The molecule has 32 heavy (non-hydrogen) atoms. The lowest BCUT2D eigenvalue weighted by atomic mass is 9.92. The second-order valence-corrected chi connectivity index (χ2v) is 11.0. The number of aromatic nitrogens is 2. The Morgan fingerprint density at radius 1 is 1.25 bits per heavy atom. The zero-order chi connectivity index (χ0) is 22.9. The number of carbonyl (C=O) groups is 1. The van der Waals surface area contributed by atoms with E-state index in [1.807, 2.05) is 27.8 Å². The topological polar surface area (TPSA) is 88.3 Å². The molecule has 0 bridgehead atoms. The van der Waals surface area contributed by atoms with Gasteiger partial charge in [0.05, 0.1) is 11.5 Å². The van der Waals surface area contributed by atoms with E-state index in [2.05, 4.69) is 16.0 Å². The Hall–Kier alpha value is -2.40. The molecule has 8 heteroatoms. The number of rotatable bonds is 5. The van der Waals surface area contributed by atoms with Gasteiger partial charge < -0.3 is 14.4 Å². The lowest BCUT2D eigenvalue weighted by Gasteiger charge is -2.35. The monoisotopic (exact) mass is 456 g/mol. The van der Waals surface area contributed by atoms with Gasteiger partial charge in [-0.2, -0.15) is 5.26 Å². The smallest absolute Gasteiger partial charge is 0.410 e. The summed E-state index contributed by atoms with van der Waals surface area (Å²) < 4.78 is 11.9. The fourth-order valence-corrected chi connectivity index (χ4v) is 6.08. The molecule has 2 aromatic rings. The highest BCUT2D eigenvalue weighted by Gasteiger charge is 2.33. The van der Waals surface area contributed by atoms with Crippen LogP contribution in [0.2, 0.25) is 0 Å². The maximum Gasteiger partial charge on any atom is 0.410 e. The first-order valence-corrected chi connectivity index (χ1v) is 12.3. The Morgan fingerprint density at radius 2 is 2.00 bits per heavy atom. The van der Waals surface area contributed by atoms with Gasteiger partial charge in [0, 0.05) is 24.4 Å². The minimum Gasteiger partial charge on any atom is -0.474 e. The molecule has 2 heterocycles. The normalized spacial score (nSPS) is 22.9. The van der Waals surface area contributed by atoms with Crippen molar-refractivity contribution in [1.82, 2.24) is 14.9 Å². The molecule has 2 aromatic heterocycles. The van der Waals surface area contributed by atoms with Gasteiger partial charge in [-0.1, -0.05) is 0 Å². The first-order valence-electron chi connectivity index (χ1n) is 11.5. The molecule has 4 rings (SSSR count). The molecule has 2 aliphatic carbocycles. The summed E-state index contributed by atoms with van der Waals surface area (Å²) in [6, 6.07) is 2.45. The summed E-state index contributed by atoms with van der Waals surface area (Å²) in [7, 11) is 1.82.